The van der Waals surface area contributed by atoms with Crippen molar-refractivity contribution in [1.29, 1.82) is 0 Å². The maximum atomic E-state index is 13.1. The van der Waals surface area contributed by atoms with Gasteiger partial charge in [0.05, 0.1) is 13.1 Å². The Morgan fingerprint density at radius 1 is 0.704 bits per heavy atom. The fourth-order valence-corrected chi connectivity index (χ4v) is 4.65. The molecule has 0 aromatic heterocycles. The highest BCUT2D eigenvalue weighted by atomic mass is 32.2. The summed E-state index contributed by atoms with van der Waals surface area (Å²) in [6, 6.07) is 9.96. The number of halogens is 6. The number of nitrogens with zero attached hydrogens (tertiary/aromatic N) is 4. The molecule has 2 heterocycles. The molecule has 18 nitrogen and oxygen atoms in total. The Morgan fingerprint density at radius 3 is 1.26 bits per heavy atom. The van der Waals surface area contributed by atoms with E-state index in [0.29, 0.717) is 0 Å². The number of alkyl halides is 6. The molecule has 0 N–H and O–H groups in total. The molecule has 308 valence electrons. The van der Waals surface area contributed by atoms with E-state index in [2.05, 4.69) is 22.1 Å². The molecule has 54 heavy (non-hydrogen) atoms. The maximum Gasteiger partial charge on any atom is 0.417 e. The van der Waals surface area contributed by atoms with Crippen molar-refractivity contribution in [3.05, 3.63) is 30.3 Å². The molecule has 3 rings (SSSR count). The Hall–Kier alpha value is -4.21. The van der Waals surface area contributed by atoms with E-state index in [4.69, 9.17) is 0 Å². The second-order valence-corrected chi connectivity index (χ2v) is 13.7. The van der Waals surface area contributed by atoms with Crippen molar-refractivity contribution >= 4 is 68.7 Å². The number of imide groups is 2. The third kappa shape index (κ3) is 13.0. The van der Waals surface area contributed by atoms with Gasteiger partial charge in [0.15, 0.2) is 20.2 Å². The highest BCUT2D eigenvalue weighted by Gasteiger charge is 2.49. The number of rotatable bonds is 10. The van der Waals surface area contributed by atoms with E-state index in [-0.39, 0.29) is 56.5 Å². The van der Waals surface area contributed by atoms with E-state index in [0.717, 1.165) is 14.7 Å². The molecule has 2 fully saturated rings. The number of carbonyl (C=O) groups is 6. The van der Waals surface area contributed by atoms with Crippen LogP contribution in [-0.4, -0.2) is 157 Å². The van der Waals surface area contributed by atoms with E-state index in [1.807, 2.05) is 30.3 Å². The SMILES string of the molecule is C.CCN1CCN(C(=O)OCC(F)C(F)(F)S(=O)(=O)[O-])C(=O)C1=O.CCN1CCN(C(=O)OCC(F)C(F)(F)S(=O)(=O)[O-])C(=O)C1=O.[SH2+]c1ccccc1. The zero-order valence-corrected chi connectivity index (χ0v) is 29.9. The molecule has 0 bridgehead atoms. The first-order valence-electron chi connectivity index (χ1n) is 14.5. The normalized spacial score (nSPS) is 16.6. The summed E-state index contributed by atoms with van der Waals surface area (Å²) in [5.41, 5.74) is 0. The monoisotopic (exact) mass is 849 g/mol. The Kier molecular flexibility index (Phi) is 18.9. The summed E-state index contributed by atoms with van der Waals surface area (Å²) >= 11 is 3.36. The average molecular weight is 850 g/mol. The summed E-state index contributed by atoms with van der Waals surface area (Å²) in [5.74, 6) is -4.64. The van der Waals surface area contributed by atoms with Gasteiger partial charge in [-0.3, -0.25) is 19.2 Å². The molecular formula is C27H35F6N4O14S3-. The molecule has 6 amide bonds. The molecule has 2 aliphatic heterocycles. The lowest BCUT2D eigenvalue weighted by Crippen LogP contribution is -2.56. The van der Waals surface area contributed by atoms with Crippen molar-refractivity contribution in [2.75, 3.05) is 52.5 Å². The van der Waals surface area contributed by atoms with Gasteiger partial charge >= 0.3 is 46.3 Å². The molecule has 27 heteroatoms. The molecule has 2 saturated heterocycles. The van der Waals surface area contributed by atoms with Gasteiger partial charge in [-0.15, -0.1) is 0 Å². The largest absolute Gasteiger partial charge is 0.743 e. The van der Waals surface area contributed by atoms with Crippen molar-refractivity contribution in [2.45, 2.75) is 49.0 Å². The molecule has 0 spiro atoms. The number of ether oxygens (including phenoxy) is 2. The van der Waals surface area contributed by atoms with Crippen LogP contribution in [0.15, 0.2) is 35.2 Å². The first kappa shape index (κ1) is 49.8. The van der Waals surface area contributed by atoms with Gasteiger partial charge in [-0.2, -0.15) is 17.6 Å². The summed E-state index contributed by atoms with van der Waals surface area (Å²) < 4.78 is 147. The summed E-state index contributed by atoms with van der Waals surface area (Å²) in [6.45, 7) is -0.640. The van der Waals surface area contributed by atoms with Gasteiger partial charge in [0, 0.05) is 26.2 Å². The highest BCUT2D eigenvalue weighted by molar-refractivity contribution is 7.87. The second-order valence-electron chi connectivity index (χ2n) is 10.2. The average Bonchev–Trinajstić information content (AvgIpc) is 3.08. The fraction of sp³-hybridized carbons (Fsp3) is 0.556. The van der Waals surface area contributed by atoms with Crippen molar-refractivity contribution in [1.82, 2.24) is 19.6 Å². The van der Waals surface area contributed by atoms with Crippen LogP contribution in [-0.2, 0) is 61.5 Å². The van der Waals surface area contributed by atoms with Gasteiger partial charge in [-0.25, -0.2) is 45.0 Å². The Labute approximate surface area is 310 Å². The third-order valence-electron chi connectivity index (χ3n) is 6.70. The summed E-state index contributed by atoms with van der Waals surface area (Å²) in [6.07, 6.45) is -10.4. The zero-order chi connectivity index (χ0) is 41.1. The van der Waals surface area contributed by atoms with Gasteiger partial charge in [0.2, 0.25) is 12.3 Å². The molecular weight excluding hydrogens is 815 g/mol. The first-order valence-corrected chi connectivity index (χ1v) is 17.8. The zero-order valence-electron chi connectivity index (χ0n) is 27.3. The van der Waals surface area contributed by atoms with Crippen LogP contribution in [0, 0.1) is 0 Å². The van der Waals surface area contributed by atoms with Gasteiger partial charge in [-0.1, -0.05) is 25.6 Å². The van der Waals surface area contributed by atoms with Crippen molar-refractivity contribution in [2.24, 2.45) is 0 Å². The van der Waals surface area contributed by atoms with Crippen LogP contribution < -0.4 is 0 Å². The summed E-state index contributed by atoms with van der Waals surface area (Å²) in [7, 11) is -12.6. The van der Waals surface area contributed by atoms with Gasteiger partial charge in [-0.05, 0) is 38.6 Å². The lowest BCUT2D eigenvalue weighted by molar-refractivity contribution is -0.154. The lowest BCUT2D eigenvalue weighted by Gasteiger charge is -2.31. The van der Waals surface area contributed by atoms with Crippen molar-refractivity contribution in [3.8, 4) is 0 Å². The minimum absolute atomic E-state index is 0. The first-order chi connectivity index (χ1) is 24.3. The molecule has 1 aromatic carbocycles. The van der Waals surface area contributed by atoms with Crippen molar-refractivity contribution < 1.29 is 90.5 Å². The van der Waals surface area contributed by atoms with Gasteiger partial charge in [0.1, 0.15) is 18.1 Å². The van der Waals surface area contributed by atoms with E-state index in [9.17, 15) is 81.1 Å². The predicted molar refractivity (Wildman–Crippen MR) is 171 cm³/mol. The fourth-order valence-electron chi connectivity index (χ4n) is 3.69. The molecule has 0 radical (unpaired) electrons. The lowest BCUT2D eigenvalue weighted by atomic mass is 10.3. The number of amides is 6. The Morgan fingerprint density at radius 2 is 1.02 bits per heavy atom. The molecule has 0 aliphatic carbocycles. The smallest absolute Gasteiger partial charge is 0.417 e. The quantitative estimate of drug-likeness (QED) is 0.133. The number of carbonyl (C=O) groups excluding carboxylic acids is 6. The van der Waals surface area contributed by atoms with Crippen LogP contribution in [0.2, 0.25) is 0 Å². The Bertz CT molecular complexity index is 1620. The van der Waals surface area contributed by atoms with Crippen LogP contribution in [0.3, 0.4) is 0 Å². The van der Waals surface area contributed by atoms with E-state index < -0.39 is 92.1 Å². The van der Waals surface area contributed by atoms with E-state index in [1.54, 1.807) is 13.8 Å². The summed E-state index contributed by atoms with van der Waals surface area (Å²) in [5, 5.41) is -10.6. The molecule has 0 saturated carbocycles. The van der Waals surface area contributed by atoms with Crippen LogP contribution in [0.25, 0.3) is 0 Å². The van der Waals surface area contributed by atoms with Crippen LogP contribution in [0.4, 0.5) is 35.9 Å². The Balaban J connectivity index is 0.000000865. The molecule has 2 unspecified atom stereocenters. The molecule has 1 aromatic rings. The van der Waals surface area contributed by atoms with Crippen LogP contribution in [0.5, 0.6) is 0 Å². The highest BCUT2D eigenvalue weighted by Crippen LogP contribution is 2.28. The van der Waals surface area contributed by atoms with Gasteiger partial charge in [0.25, 0.3) is 0 Å². The number of hydrogen-bond acceptors (Lipinski definition) is 14. The predicted octanol–water partition coefficient (Wildman–Crippen LogP) is 0.273. The third-order valence-corrected chi connectivity index (χ3v) is 8.88. The maximum absolute atomic E-state index is 13.1. The minimum atomic E-state index is -6.30. The molecule has 2 aliphatic rings. The second kappa shape index (κ2) is 20.5. The van der Waals surface area contributed by atoms with Crippen molar-refractivity contribution in [3.63, 3.8) is 0 Å². The minimum Gasteiger partial charge on any atom is -0.743 e. The van der Waals surface area contributed by atoms with Gasteiger partial charge < -0.3 is 28.4 Å². The number of benzene rings is 1. The number of hydrogen-bond donors (Lipinski definition) is 0. The molecule has 2 atom stereocenters. The topological polar surface area (TPSA) is 248 Å². The standard InChI is InChI=1S/2C10H13F3N2O7S.C6H6S.CH4/c2*1-2-14-3-4-15(8(17)7(14)16)9(18)22-5-6(11)10(12,13)23(19,20)21;7-6-4-2-1-3-5-6;/h2*6H,2-5H2,1H3,(H,19,20,21);1-5,7H;1H4/p-1. The van der Waals surface area contributed by atoms with E-state index >= 15 is 0 Å². The van der Waals surface area contributed by atoms with E-state index in [1.165, 1.54) is 0 Å². The number of piperazine rings is 2. The number of likely N-dealkylation sites (N-methyl/N-ethyl adjacent to an activating group) is 2. The van der Waals surface area contributed by atoms with Crippen LogP contribution >= 0.6 is 0 Å². The summed E-state index contributed by atoms with van der Waals surface area (Å²) in [4.78, 5) is 73.1. The van der Waals surface area contributed by atoms with Crippen LogP contribution in [0.1, 0.15) is 21.3 Å².